The van der Waals surface area contributed by atoms with Crippen LogP contribution >= 0.6 is 43.5 Å². The second-order valence-electron chi connectivity index (χ2n) is 5.77. The second kappa shape index (κ2) is 7.52. The van der Waals surface area contributed by atoms with Crippen LogP contribution in [-0.2, 0) is 11.2 Å². The molecule has 0 bridgehead atoms. The van der Waals surface area contributed by atoms with E-state index in [1.54, 1.807) is 18.2 Å². The number of carboxylic acid groups (broad SMARTS) is 1. The molecule has 0 spiro atoms. The van der Waals surface area contributed by atoms with E-state index in [4.69, 9.17) is 26.2 Å². The van der Waals surface area contributed by atoms with Gasteiger partial charge < -0.3 is 14.6 Å². The van der Waals surface area contributed by atoms with Gasteiger partial charge in [-0.05, 0) is 62.0 Å². The Morgan fingerprint density at radius 3 is 2.44 bits per heavy atom. The van der Waals surface area contributed by atoms with Crippen LogP contribution in [0.4, 0.5) is 13.2 Å². The van der Waals surface area contributed by atoms with Crippen LogP contribution in [0.1, 0.15) is 5.56 Å². The lowest BCUT2D eigenvalue weighted by Crippen LogP contribution is -2.47. The van der Waals surface area contributed by atoms with E-state index in [0.29, 0.717) is 14.7 Å². The van der Waals surface area contributed by atoms with Crippen molar-refractivity contribution in [3.8, 4) is 17.2 Å². The monoisotopic (exact) mass is 528 g/mol. The number of rotatable bonds is 3. The Morgan fingerprint density at radius 2 is 1.89 bits per heavy atom. The molecule has 144 valence electrons. The summed E-state index contributed by atoms with van der Waals surface area (Å²) in [5.74, 6) is -2.99. The number of carbonyl (C=O) groups is 1. The zero-order valence-corrected chi connectivity index (χ0v) is 17.1. The molecule has 27 heavy (non-hydrogen) atoms. The molecule has 1 aliphatic rings. The average Bonchev–Trinajstić information content (AvgIpc) is 2.56. The maximum atomic E-state index is 13.2. The molecule has 0 aliphatic carbocycles. The maximum absolute atomic E-state index is 13.2. The van der Waals surface area contributed by atoms with Crippen LogP contribution in [0.5, 0.6) is 17.2 Å². The minimum absolute atomic E-state index is 0.0812. The topological polar surface area (TPSA) is 55.8 Å². The Balaban J connectivity index is 2.00. The molecule has 10 heteroatoms. The molecular formula is C17H10Br2ClF3O4. The molecule has 3 rings (SSSR count). The number of halogens is 6. The lowest BCUT2D eigenvalue weighted by atomic mass is 9.90. The lowest BCUT2D eigenvalue weighted by molar-refractivity contribution is -0.217. The Bertz CT molecular complexity index is 884. The van der Waals surface area contributed by atoms with Crippen molar-refractivity contribution < 1.29 is 32.5 Å². The molecule has 0 aromatic heterocycles. The summed E-state index contributed by atoms with van der Waals surface area (Å²) in [6.07, 6.45) is -7.63. The summed E-state index contributed by atoms with van der Waals surface area (Å²) in [7, 11) is 0. The third-order valence-corrected chi connectivity index (χ3v) is 5.49. The number of ether oxygens (including phenoxy) is 2. The van der Waals surface area contributed by atoms with Gasteiger partial charge in [-0.15, -0.1) is 0 Å². The number of hydrogen-bond donors (Lipinski definition) is 1. The van der Waals surface area contributed by atoms with Gasteiger partial charge in [-0.1, -0.05) is 17.7 Å². The normalized spacial score (nSPS) is 19.2. The first kappa shape index (κ1) is 20.3. The van der Waals surface area contributed by atoms with Crippen LogP contribution in [0.3, 0.4) is 0 Å². The number of carboxylic acids is 1. The molecule has 0 saturated carbocycles. The van der Waals surface area contributed by atoms with Crippen LogP contribution in [0.15, 0.2) is 39.3 Å². The van der Waals surface area contributed by atoms with Gasteiger partial charge in [0, 0.05) is 6.07 Å². The van der Waals surface area contributed by atoms with E-state index in [2.05, 4.69) is 31.9 Å². The van der Waals surface area contributed by atoms with E-state index < -0.39 is 24.2 Å². The van der Waals surface area contributed by atoms with E-state index in [0.717, 1.165) is 0 Å². The Labute approximate surface area is 173 Å². The number of fused-ring (bicyclic) bond motifs is 1. The molecule has 1 N–H and O–H groups in total. The number of para-hydroxylation sites is 1. The van der Waals surface area contributed by atoms with E-state index in [1.807, 2.05) is 0 Å². The van der Waals surface area contributed by atoms with Gasteiger partial charge in [0.15, 0.2) is 5.75 Å². The highest BCUT2D eigenvalue weighted by Gasteiger charge is 2.52. The zero-order valence-electron chi connectivity index (χ0n) is 13.2. The van der Waals surface area contributed by atoms with Crippen molar-refractivity contribution in [3.63, 3.8) is 0 Å². The van der Waals surface area contributed by atoms with Gasteiger partial charge in [-0.3, -0.25) is 4.79 Å². The molecule has 2 atom stereocenters. The lowest BCUT2D eigenvalue weighted by Gasteiger charge is -2.32. The van der Waals surface area contributed by atoms with Gasteiger partial charge in [0.1, 0.15) is 17.4 Å². The Hall–Kier alpha value is -1.45. The van der Waals surface area contributed by atoms with E-state index in [9.17, 15) is 18.0 Å². The summed E-state index contributed by atoms with van der Waals surface area (Å²) in [4.78, 5) is 11.2. The number of aliphatic carboxylic acids is 1. The van der Waals surface area contributed by atoms with Crippen LogP contribution in [-0.4, -0.2) is 23.4 Å². The van der Waals surface area contributed by atoms with Crippen LogP contribution in [0, 0.1) is 5.92 Å². The molecule has 0 amide bonds. The predicted octanol–water partition coefficient (Wildman–Crippen LogP) is 6.22. The third-order valence-electron chi connectivity index (χ3n) is 3.94. The van der Waals surface area contributed by atoms with Crippen molar-refractivity contribution in [3.05, 3.63) is 49.9 Å². The van der Waals surface area contributed by atoms with E-state index >= 15 is 0 Å². The van der Waals surface area contributed by atoms with Gasteiger partial charge in [0.05, 0.1) is 14.0 Å². The van der Waals surface area contributed by atoms with E-state index in [-0.39, 0.29) is 28.5 Å². The molecule has 0 fully saturated rings. The van der Waals surface area contributed by atoms with E-state index in [1.165, 1.54) is 12.1 Å². The quantitative estimate of drug-likeness (QED) is 0.512. The summed E-state index contributed by atoms with van der Waals surface area (Å²) in [5, 5.41) is 9.25. The molecule has 1 heterocycles. The first-order valence-corrected chi connectivity index (χ1v) is 9.44. The van der Waals surface area contributed by atoms with Crippen molar-refractivity contribution in [2.45, 2.75) is 18.7 Å². The molecule has 4 nitrogen and oxygen atoms in total. The van der Waals surface area contributed by atoms with Gasteiger partial charge in [0.25, 0.3) is 0 Å². The van der Waals surface area contributed by atoms with Gasteiger partial charge in [0.2, 0.25) is 6.10 Å². The van der Waals surface area contributed by atoms with Gasteiger partial charge >= 0.3 is 12.1 Å². The van der Waals surface area contributed by atoms with Crippen LogP contribution in [0.2, 0.25) is 5.02 Å². The first-order chi connectivity index (χ1) is 12.6. The minimum Gasteiger partial charge on any atom is -0.481 e. The summed E-state index contributed by atoms with van der Waals surface area (Å²) in [6.45, 7) is 0. The minimum atomic E-state index is -4.83. The van der Waals surface area contributed by atoms with Crippen molar-refractivity contribution in [1.82, 2.24) is 0 Å². The van der Waals surface area contributed by atoms with Gasteiger partial charge in [-0.2, -0.15) is 13.2 Å². The predicted molar refractivity (Wildman–Crippen MR) is 98.7 cm³/mol. The van der Waals surface area contributed by atoms with Crippen LogP contribution < -0.4 is 9.47 Å². The molecular weight excluding hydrogens is 520 g/mol. The molecule has 0 radical (unpaired) electrons. The fraction of sp³-hybridized carbons (Fsp3) is 0.235. The summed E-state index contributed by atoms with van der Waals surface area (Å²) in [5.41, 5.74) is 0.270. The van der Waals surface area contributed by atoms with Crippen molar-refractivity contribution >= 4 is 49.4 Å². The number of hydrogen-bond acceptors (Lipinski definition) is 3. The largest absolute Gasteiger partial charge is 0.481 e. The maximum Gasteiger partial charge on any atom is 0.426 e. The molecule has 1 aliphatic heterocycles. The van der Waals surface area contributed by atoms with Crippen molar-refractivity contribution in [2.24, 2.45) is 5.92 Å². The molecule has 0 saturated heterocycles. The highest BCUT2D eigenvalue weighted by molar-refractivity contribution is 9.11. The number of benzene rings is 2. The fourth-order valence-electron chi connectivity index (χ4n) is 2.69. The standard InChI is InChI=1S/C17H10Br2ClF3O4/c18-9-2-1-3-10(19)14(9)26-13-6-12-7(5-11(13)20)4-8(16(24)25)15(27-12)17(21,22)23/h1-3,5-6,8,15H,4H2,(H,24,25). The zero-order chi connectivity index (χ0) is 19.9. The Morgan fingerprint density at radius 1 is 1.26 bits per heavy atom. The smallest absolute Gasteiger partial charge is 0.426 e. The fourth-order valence-corrected chi connectivity index (χ4v) is 4.07. The summed E-state index contributed by atoms with van der Waals surface area (Å²) in [6, 6.07) is 7.80. The SMILES string of the molecule is O=C(O)C1Cc2cc(Cl)c(Oc3c(Br)cccc3Br)cc2OC1C(F)(F)F. The van der Waals surface area contributed by atoms with Crippen LogP contribution in [0.25, 0.3) is 0 Å². The first-order valence-electron chi connectivity index (χ1n) is 7.48. The highest BCUT2D eigenvalue weighted by atomic mass is 79.9. The second-order valence-corrected chi connectivity index (χ2v) is 7.89. The molecule has 2 unspecified atom stereocenters. The Kier molecular flexibility index (Phi) is 5.65. The highest BCUT2D eigenvalue weighted by Crippen LogP contribution is 2.45. The molecule has 2 aromatic carbocycles. The van der Waals surface area contributed by atoms with Crippen molar-refractivity contribution in [2.75, 3.05) is 0 Å². The number of alkyl halides is 3. The average molecular weight is 531 g/mol. The third kappa shape index (κ3) is 4.20. The van der Waals surface area contributed by atoms with Crippen molar-refractivity contribution in [1.29, 1.82) is 0 Å². The summed E-state index contributed by atoms with van der Waals surface area (Å²) < 4.78 is 51.6. The van der Waals surface area contributed by atoms with Gasteiger partial charge in [-0.25, -0.2) is 0 Å². The summed E-state index contributed by atoms with van der Waals surface area (Å²) >= 11 is 12.8. The molecule has 2 aromatic rings.